The van der Waals surface area contributed by atoms with Crippen LogP contribution in [-0.2, 0) is 9.59 Å². The van der Waals surface area contributed by atoms with Crippen molar-refractivity contribution in [2.24, 2.45) is 5.73 Å². The third-order valence-corrected chi connectivity index (χ3v) is 6.58. The van der Waals surface area contributed by atoms with E-state index in [4.69, 9.17) is 10.5 Å². The van der Waals surface area contributed by atoms with Crippen LogP contribution < -0.4 is 20.3 Å². The summed E-state index contributed by atoms with van der Waals surface area (Å²) in [6.07, 6.45) is 0. The first-order valence-electron chi connectivity index (χ1n) is 9.97. The van der Waals surface area contributed by atoms with Crippen LogP contribution in [0.1, 0.15) is 27.7 Å². The number of hydrogen-bond donors (Lipinski definition) is 1. The number of amides is 2. The van der Waals surface area contributed by atoms with Crippen molar-refractivity contribution in [3.05, 3.63) is 48.5 Å². The van der Waals surface area contributed by atoms with E-state index in [1.165, 1.54) is 4.90 Å². The normalized spacial score (nSPS) is 18.0. The molecule has 160 valence electrons. The fourth-order valence-corrected chi connectivity index (χ4v) is 4.77. The Hall–Kier alpha value is -2.51. The molecular weight excluding hydrogens is 398 g/mol. The van der Waals surface area contributed by atoms with Crippen LogP contribution in [0.15, 0.2) is 53.4 Å². The summed E-state index contributed by atoms with van der Waals surface area (Å²) < 4.78 is 4.73. The zero-order chi connectivity index (χ0) is 22.1. The Labute approximate surface area is 182 Å². The second-order valence-electron chi connectivity index (χ2n) is 8.13. The second kappa shape index (κ2) is 8.70. The molecule has 6 nitrogen and oxygen atoms in total. The summed E-state index contributed by atoms with van der Waals surface area (Å²) in [6, 6.07) is 14.2. The van der Waals surface area contributed by atoms with Crippen molar-refractivity contribution in [3.8, 4) is 5.75 Å². The minimum atomic E-state index is -0.726. The second-order valence-corrected chi connectivity index (χ2v) is 9.83. The van der Waals surface area contributed by atoms with Gasteiger partial charge in [-0.15, -0.1) is 11.8 Å². The molecule has 0 bridgehead atoms. The first-order valence-corrected chi connectivity index (χ1v) is 10.8. The number of benzene rings is 2. The quantitative estimate of drug-likeness (QED) is 0.788. The Morgan fingerprint density at radius 2 is 1.83 bits per heavy atom. The van der Waals surface area contributed by atoms with Crippen LogP contribution in [-0.4, -0.2) is 42.3 Å². The number of nitrogens with zero attached hydrogens (tertiary/aromatic N) is 2. The van der Waals surface area contributed by atoms with Gasteiger partial charge >= 0.3 is 0 Å². The van der Waals surface area contributed by atoms with E-state index in [0.29, 0.717) is 0 Å². The third-order valence-electron chi connectivity index (χ3n) is 5.24. The van der Waals surface area contributed by atoms with E-state index in [9.17, 15) is 9.59 Å². The molecule has 1 heterocycles. The molecule has 0 aliphatic carbocycles. The van der Waals surface area contributed by atoms with Crippen LogP contribution in [0.25, 0.3) is 0 Å². The number of fused-ring (bicyclic) bond motifs is 1. The van der Waals surface area contributed by atoms with Gasteiger partial charge in [-0.2, -0.15) is 0 Å². The maximum absolute atomic E-state index is 13.4. The van der Waals surface area contributed by atoms with Gasteiger partial charge in [0.05, 0.1) is 18.8 Å². The predicted molar refractivity (Wildman–Crippen MR) is 122 cm³/mol. The number of hydrogen-bond acceptors (Lipinski definition) is 5. The Bertz CT molecular complexity index is 928. The molecule has 2 N–H and O–H groups in total. The lowest BCUT2D eigenvalue weighted by Gasteiger charge is -2.32. The van der Waals surface area contributed by atoms with Gasteiger partial charge in [-0.3, -0.25) is 9.59 Å². The van der Waals surface area contributed by atoms with Crippen molar-refractivity contribution in [2.45, 2.75) is 49.4 Å². The van der Waals surface area contributed by atoms with Crippen LogP contribution in [0, 0.1) is 0 Å². The topological polar surface area (TPSA) is 75.9 Å². The Morgan fingerprint density at radius 1 is 1.20 bits per heavy atom. The van der Waals surface area contributed by atoms with Crippen LogP contribution in [0.3, 0.4) is 0 Å². The molecule has 0 spiro atoms. The molecule has 0 saturated heterocycles. The zero-order valence-electron chi connectivity index (χ0n) is 18.1. The van der Waals surface area contributed by atoms with Crippen LogP contribution in [0.5, 0.6) is 5.75 Å². The van der Waals surface area contributed by atoms with Crippen LogP contribution in [0.2, 0.25) is 0 Å². The van der Waals surface area contributed by atoms with Crippen molar-refractivity contribution < 1.29 is 14.3 Å². The number of carbonyl (C=O) groups is 2. The van der Waals surface area contributed by atoms with Gasteiger partial charge in [-0.1, -0.05) is 12.1 Å². The molecule has 2 amide bonds. The average molecular weight is 428 g/mol. The van der Waals surface area contributed by atoms with Crippen molar-refractivity contribution in [1.29, 1.82) is 0 Å². The van der Waals surface area contributed by atoms with Crippen LogP contribution >= 0.6 is 11.8 Å². The van der Waals surface area contributed by atoms with E-state index >= 15 is 0 Å². The fourth-order valence-electron chi connectivity index (χ4n) is 3.54. The number of anilines is 2. The third kappa shape index (κ3) is 4.32. The monoisotopic (exact) mass is 427 g/mol. The molecule has 1 atom stereocenters. The molecular formula is C23H29N3O3S. The molecule has 1 aliphatic heterocycles. The lowest BCUT2D eigenvalue weighted by molar-refractivity contribution is -0.123. The maximum atomic E-state index is 13.4. The molecule has 0 radical (unpaired) electrons. The Balaban J connectivity index is 1.95. The van der Waals surface area contributed by atoms with Gasteiger partial charge in [0.25, 0.3) is 0 Å². The molecule has 1 unspecified atom stereocenters. The van der Waals surface area contributed by atoms with E-state index in [1.54, 1.807) is 23.8 Å². The van der Waals surface area contributed by atoms with Crippen LogP contribution in [0.4, 0.5) is 11.4 Å². The summed E-state index contributed by atoms with van der Waals surface area (Å²) in [5.41, 5.74) is 7.81. The van der Waals surface area contributed by atoms with Gasteiger partial charge in [0.15, 0.2) is 0 Å². The molecule has 0 fully saturated rings. The summed E-state index contributed by atoms with van der Waals surface area (Å²) in [4.78, 5) is 30.8. The summed E-state index contributed by atoms with van der Waals surface area (Å²) in [7, 11) is 1.60. The summed E-state index contributed by atoms with van der Waals surface area (Å²) in [5, 5.41) is 0. The molecule has 3 rings (SSSR count). The minimum Gasteiger partial charge on any atom is -0.497 e. The van der Waals surface area contributed by atoms with Gasteiger partial charge in [-0.25, -0.2) is 0 Å². The molecule has 2 aromatic carbocycles. The van der Waals surface area contributed by atoms with E-state index < -0.39 is 10.8 Å². The van der Waals surface area contributed by atoms with Gasteiger partial charge < -0.3 is 20.3 Å². The number of nitrogens with two attached hydrogens (primary N) is 1. The lowest BCUT2D eigenvalue weighted by Crippen LogP contribution is -2.54. The van der Waals surface area contributed by atoms with Gasteiger partial charge in [0.1, 0.15) is 12.3 Å². The molecule has 30 heavy (non-hydrogen) atoms. The maximum Gasteiger partial charge on any atom is 0.247 e. The number of rotatable bonds is 5. The van der Waals surface area contributed by atoms with Crippen molar-refractivity contribution in [1.82, 2.24) is 0 Å². The fraction of sp³-hybridized carbons (Fsp3) is 0.391. The highest BCUT2D eigenvalue weighted by atomic mass is 32.2. The number of carbonyl (C=O) groups excluding carboxylic acids is 2. The summed E-state index contributed by atoms with van der Waals surface area (Å²) in [5.74, 6) is 0.302. The molecule has 0 aromatic heterocycles. The number of ether oxygens (including phenoxy) is 1. The number of para-hydroxylation sites is 1. The summed E-state index contributed by atoms with van der Waals surface area (Å²) >= 11 is 1.57. The first kappa shape index (κ1) is 22.2. The summed E-state index contributed by atoms with van der Waals surface area (Å²) in [6.45, 7) is 7.74. The highest BCUT2D eigenvalue weighted by Crippen LogP contribution is 2.43. The molecule has 2 aromatic rings. The number of thioether (sulfide) groups is 1. The predicted octanol–water partition coefficient (Wildman–Crippen LogP) is 3.68. The lowest BCUT2D eigenvalue weighted by atomic mass is 10.0. The van der Waals surface area contributed by atoms with Gasteiger partial charge in [0.2, 0.25) is 11.8 Å². The first-order chi connectivity index (χ1) is 14.2. The van der Waals surface area contributed by atoms with E-state index in [-0.39, 0.29) is 24.4 Å². The Morgan fingerprint density at radius 3 is 2.43 bits per heavy atom. The van der Waals surface area contributed by atoms with Crippen molar-refractivity contribution in [2.75, 3.05) is 23.5 Å². The van der Waals surface area contributed by atoms with E-state index in [1.807, 2.05) is 76.2 Å². The smallest absolute Gasteiger partial charge is 0.247 e. The highest BCUT2D eigenvalue weighted by molar-refractivity contribution is 8.01. The standard InChI is InChI=1S/C23H29N3O3S/c1-15(2)26(16-10-12-17(29-5)13-11-16)20(27)14-25-18-8-6-7-9-19(18)30-23(3,4)21(24)22(25)28/h6-13,15,21H,14,24H2,1-5H3. The highest BCUT2D eigenvalue weighted by Gasteiger charge is 2.41. The SMILES string of the molecule is COc1ccc(N(C(=O)CN2C(=O)C(N)C(C)(C)Sc3ccccc32)C(C)C)cc1. The number of methoxy groups -OCH3 is 1. The zero-order valence-corrected chi connectivity index (χ0v) is 18.9. The molecule has 0 saturated carbocycles. The van der Waals surface area contributed by atoms with Gasteiger partial charge in [-0.05, 0) is 64.1 Å². The van der Waals surface area contributed by atoms with Gasteiger partial charge in [0, 0.05) is 21.4 Å². The van der Waals surface area contributed by atoms with Crippen molar-refractivity contribution in [3.63, 3.8) is 0 Å². The Kier molecular flexibility index (Phi) is 6.43. The van der Waals surface area contributed by atoms with Crippen molar-refractivity contribution >= 4 is 35.0 Å². The largest absolute Gasteiger partial charge is 0.497 e. The molecule has 1 aliphatic rings. The van der Waals surface area contributed by atoms with E-state index in [0.717, 1.165) is 22.0 Å². The van der Waals surface area contributed by atoms with E-state index in [2.05, 4.69) is 0 Å². The minimum absolute atomic E-state index is 0.0790. The molecule has 7 heteroatoms. The average Bonchev–Trinajstić information content (AvgIpc) is 2.77.